The second kappa shape index (κ2) is 8.59. The SMILES string of the molecule is CCCCCCCCc1nc(-c2ccc(C#N)cc2)cs1. The molecule has 2 nitrogen and oxygen atoms in total. The van der Waals surface area contributed by atoms with Crippen LogP contribution in [0.5, 0.6) is 0 Å². The molecule has 2 aromatic rings. The van der Waals surface area contributed by atoms with Crippen LogP contribution in [0, 0.1) is 11.3 Å². The van der Waals surface area contributed by atoms with E-state index in [1.54, 1.807) is 11.3 Å². The van der Waals surface area contributed by atoms with Gasteiger partial charge < -0.3 is 0 Å². The molecule has 110 valence electrons. The summed E-state index contributed by atoms with van der Waals surface area (Å²) in [6.07, 6.45) is 9.02. The summed E-state index contributed by atoms with van der Waals surface area (Å²) in [4.78, 5) is 4.71. The summed E-state index contributed by atoms with van der Waals surface area (Å²) in [5.74, 6) is 0. The van der Waals surface area contributed by atoms with Crippen LogP contribution in [-0.4, -0.2) is 4.98 Å². The zero-order chi connectivity index (χ0) is 14.9. The van der Waals surface area contributed by atoms with E-state index in [-0.39, 0.29) is 0 Å². The molecule has 0 fully saturated rings. The number of hydrogen-bond donors (Lipinski definition) is 0. The van der Waals surface area contributed by atoms with Crippen molar-refractivity contribution in [2.75, 3.05) is 0 Å². The van der Waals surface area contributed by atoms with E-state index in [0.717, 1.165) is 17.7 Å². The molecular formula is C18H22N2S. The molecule has 21 heavy (non-hydrogen) atoms. The molecule has 3 heteroatoms. The third kappa shape index (κ3) is 4.99. The fourth-order valence-corrected chi connectivity index (χ4v) is 3.18. The molecule has 0 aliphatic rings. The molecule has 0 amide bonds. The van der Waals surface area contributed by atoms with E-state index < -0.39 is 0 Å². The van der Waals surface area contributed by atoms with Crippen LogP contribution < -0.4 is 0 Å². The van der Waals surface area contributed by atoms with Gasteiger partial charge in [-0.1, -0.05) is 51.2 Å². The van der Waals surface area contributed by atoms with Crippen LogP contribution in [0.3, 0.4) is 0 Å². The van der Waals surface area contributed by atoms with Crippen LogP contribution >= 0.6 is 11.3 Å². The molecule has 0 atom stereocenters. The Morgan fingerprint density at radius 2 is 1.76 bits per heavy atom. The fraction of sp³-hybridized carbons (Fsp3) is 0.444. The van der Waals surface area contributed by atoms with Crippen LogP contribution in [0.15, 0.2) is 29.6 Å². The van der Waals surface area contributed by atoms with Crippen LogP contribution in [-0.2, 0) is 6.42 Å². The van der Waals surface area contributed by atoms with Crippen LogP contribution in [0.1, 0.15) is 56.0 Å². The van der Waals surface area contributed by atoms with Gasteiger partial charge in [0.2, 0.25) is 0 Å². The fourth-order valence-electron chi connectivity index (χ4n) is 2.33. The van der Waals surface area contributed by atoms with Gasteiger partial charge in [-0.15, -0.1) is 11.3 Å². The molecule has 0 radical (unpaired) electrons. The lowest BCUT2D eigenvalue weighted by atomic mass is 10.1. The Morgan fingerprint density at radius 3 is 2.48 bits per heavy atom. The topological polar surface area (TPSA) is 36.7 Å². The largest absolute Gasteiger partial charge is 0.241 e. The summed E-state index contributed by atoms with van der Waals surface area (Å²) in [5, 5.41) is 12.2. The van der Waals surface area contributed by atoms with Crippen molar-refractivity contribution in [1.29, 1.82) is 5.26 Å². The van der Waals surface area contributed by atoms with Gasteiger partial charge in [0.05, 0.1) is 22.3 Å². The first-order valence-corrected chi connectivity index (χ1v) is 8.66. The summed E-state index contributed by atoms with van der Waals surface area (Å²) < 4.78 is 0. The highest BCUT2D eigenvalue weighted by Gasteiger charge is 2.04. The standard InChI is InChI=1S/C18H22N2S/c1-2-3-4-5-6-7-8-18-20-17(14-21-18)16-11-9-15(13-19)10-12-16/h9-12,14H,2-8H2,1H3. The van der Waals surface area contributed by atoms with Crippen LogP contribution in [0.4, 0.5) is 0 Å². The zero-order valence-electron chi connectivity index (χ0n) is 12.6. The predicted octanol–water partition coefficient (Wildman–Crippen LogP) is 5.58. The van der Waals surface area contributed by atoms with Crippen molar-refractivity contribution >= 4 is 11.3 Å². The van der Waals surface area contributed by atoms with Gasteiger partial charge in [0, 0.05) is 10.9 Å². The van der Waals surface area contributed by atoms with E-state index >= 15 is 0 Å². The Kier molecular flexibility index (Phi) is 6.43. The highest BCUT2D eigenvalue weighted by atomic mass is 32.1. The van der Waals surface area contributed by atoms with Crippen molar-refractivity contribution in [1.82, 2.24) is 4.98 Å². The Hall–Kier alpha value is -1.66. The van der Waals surface area contributed by atoms with Gasteiger partial charge >= 0.3 is 0 Å². The minimum absolute atomic E-state index is 0.696. The maximum atomic E-state index is 8.81. The first-order chi connectivity index (χ1) is 10.3. The third-order valence-electron chi connectivity index (χ3n) is 3.61. The molecule has 0 saturated heterocycles. The average Bonchev–Trinajstić information content (AvgIpc) is 3.00. The first-order valence-electron chi connectivity index (χ1n) is 7.78. The third-order valence-corrected chi connectivity index (χ3v) is 4.51. The summed E-state index contributed by atoms with van der Waals surface area (Å²) in [7, 11) is 0. The molecule has 1 aromatic carbocycles. The van der Waals surface area contributed by atoms with E-state index in [4.69, 9.17) is 10.2 Å². The predicted molar refractivity (Wildman–Crippen MR) is 89.3 cm³/mol. The second-order valence-electron chi connectivity index (χ2n) is 5.33. The number of nitrogens with zero attached hydrogens (tertiary/aromatic N) is 2. The zero-order valence-corrected chi connectivity index (χ0v) is 13.5. The molecule has 0 aliphatic heterocycles. The van der Waals surface area contributed by atoms with Crippen molar-refractivity contribution in [2.24, 2.45) is 0 Å². The maximum Gasteiger partial charge on any atom is 0.0991 e. The Balaban J connectivity index is 1.82. The lowest BCUT2D eigenvalue weighted by molar-refractivity contribution is 0.607. The molecule has 1 heterocycles. The van der Waals surface area contributed by atoms with Crippen LogP contribution in [0.25, 0.3) is 11.3 Å². The number of nitriles is 1. The summed E-state index contributed by atoms with van der Waals surface area (Å²) in [6, 6.07) is 9.79. The van der Waals surface area contributed by atoms with Gasteiger partial charge in [-0.3, -0.25) is 0 Å². The van der Waals surface area contributed by atoms with Crippen molar-refractivity contribution in [3.05, 3.63) is 40.2 Å². The van der Waals surface area contributed by atoms with E-state index in [2.05, 4.69) is 18.4 Å². The minimum atomic E-state index is 0.696. The number of benzene rings is 1. The highest BCUT2D eigenvalue weighted by Crippen LogP contribution is 2.23. The number of unbranched alkanes of at least 4 members (excludes halogenated alkanes) is 5. The number of hydrogen-bond acceptors (Lipinski definition) is 3. The Bertz CT molecular complexity index is 578. The van der Waals surface area contributed by atoms with E-state index in [1.807, 2.05) is 24.3 Å². The Labute approximate surface area is 131 Å². The monoisotopic (exact) mass is 298 g/mol. The minimum Gasteiger partial charge on any atom is -0.241 e. The Morgan fingerprint density at radius 1 is 1.05 bits per heavy atom. The van der Waals surface area contributed by atoms with Gasteiger partial charge in [-0.05, 0) is 25.0 Å². The molecular weight excluding hydrogens is 276 g/mol. The molecule has 0 spiro atoms. The molecule has 0 unspecified atom stereocenters. The van der Waals surface area contributed by atoms with E-state index in [0.29, 0.717) is 5.56 Å². The van der Waals surface area contributed by atoms with Gasteiger partial charge in [-0.2, -0.15) is 5.26 Å². The van der Waals surface area contributed by atoms with Crippen molar-refractivity contribution in [2.45, 2.75) is 51.9 Å². The molecule has 1 aromatic heterocycles. The molecule has 0 aliphatic carbocycles. The quantitative estimate of drug-likeness (QED) is 0.596. The lowest BCUT2D eigenvalue weighted by Crippen LogP contribution is -1.86. The van der Waals surface area contributed by atoms with Gasteiger partial charge in [0.1, 0.15) is 0 Å². The van der Waals surface area contributed by atoms with Crippen molar-refractivity contribution in [3.63, 3.8) is 0 Å². The maximum absolute atomic E-state index is 8.81. The van der Waals surface area contributed by atoms with Crippen molar-refractivity contribution in [3.8, 4) is 17.3 Å². The van der Waals surface area contributed by atoms with E-state index in [1.165, 1.54) is 43.5 Å². The number of aryl methyl sites for hydroxylation is 1. The average molecular weight is 298 g/mol. The lowest BCUT2D eigenvalue weighted by Gasteiger charge is -1.99. The van der Waals surface area contributed by atoms with Gasteiger partial charge in [-0.25, -0.2) is 4.98 Å². The molecule has 0 N–H and O–H groups in total. The van der Waals surface area contributed by atoms with E-state index in [9.17, 15) is 0 Å². The normalized spacial score (nSPS) is 10.5. The summed E-state index contributed by atoms with van der Waals surface area (Å²) in [5.41, 5.74) is 2.83. The highest BCUT2D eigenvalue weighted by molar-refractivity contribution is 7.09. The van der Waals surface area contributed by atoms with Crippen molar-refractivity contribution < 1.29 is 0 Å². The summed E-state index contributed by atoms with van der Waals surface area (Å²) >= 11 is 1.75. The number of aromatic nitrogens is 1. The van der Waals surface area contributed by atoms with Gasteiger partial charge in [0.15, 0.2) is 0 Å². The first kappa shape index (κ1) is 15.7. The van der Waals surface area contributed by atoms with Gasteiger partial charge in [0.25, 0.3) is 0 Å². The smallest absolute Gasteiger partial charge is 0.0991 e. The second-order valence-corrected chi connectivity index (χ2v) is 6.28. The number of thiazole rings is 1. The molecule has 0 bridgehead atoms. The molecule has 0 saturated carbocycles. The molecule has 2 rings (SSSR count). The summed E-state index contributed by atoms with van der Waals surface area (Å²) in [6.45, 7) is 2.25. The number of rotatable bonds is 8. The van der Waals surface area contributed by atoms with Crippen LogP contribution in [0.2, 0.25) is 0 Å².